The summed E-state index contributed by atoms with van der Waals surface area (Å²) in [4.78, 5) is 27.3. The standard InChI is InChI=1S/C24H27F3N2O5/c1-23(2,3)34-22(32)29-13-16(15-4-8-19(30)9-5-15)12-17(14-29)21(31)28-18-6-10-20(11-7-18)33-24(25,26)27/h4-11,16-17,30H,12-14H2,1-3H3,(H,28,31)/t16-,17-/m1/s1. The van der Waals surface area contributed by atoms with Crippen LogP contribution < -0.4 is 10.1 Å². The van der Waals surface area contributed by atoms with Gasteiger partial charge in [0, 0.05) is 24.7 Å². The number of hydrogen-bond donors (Lipinski definition) is 2. The van der Waals surface area contributed by atoms with E-state index in [1.165, 1.54) is 17.0 Å². The third kappa shape index (κ3) is 7.29. The number of piperidine rings is 1. The Labute approximate surface area is 195 Å². The average Bonchev–Trinajstić information content (AvgIpc) is 2.73. The maximum Gasteiger partial charge on any atom is 0.573 e. The van der Waals surface area contributed by atoms with E-state index in [2.05, 4.69) is 10.1 Å². The van der Waals surface area contributed by atoms with Crippen LogP contribution in [-0.2, 0) is 9.53 Å². The van der Waals surface area contributed by atoms with E-state index in [-0.39, 0.29) is 24.1 Å². The minimum Gasteiger partial charge on any atom is -0.508 e. The quantitative estimate of drug-likeness (QED) is 0.623. The number of carbonyl (C=O) groups is 2. The maximum atomic E-state index is 13.0. The summed E-state index contributed by atoms with van der Waals surface area (Å²) in [5.74, 6) is -1.43. The molecule has 3 rings (SSSR count). The Morgan fingerprint density at radius 3 is 2.18 bits per heavy atom. The van der Waals surface area contributed by atoms with Crippen LogP contribution in [0.4, 0.5) is 23.7 Å². The van der Waals surface area contributed by atoms with E-state index in [9.17, 15) is 27.9 Å². The molecule has 2 N–H and O–H groups in total. The van der Waals surface area contributed by atoms with Gasteiger partial charge in [0.05, 0.1) is 5.92 Å². The van der Waals surface area contributed by atoms with Gasteiger partial charge < -0.3 is 24.8 Å². The Kier molecular flexibility index (Phi) is 7.28. The van der Waals surface area contributed by atoms with Gasteiger partial charge in [-0.05, 0) is 69.2 Å². The van der Waals surface area contributed by atoms with Crippen LogP contribution in [0.5, 0.6) is 11.5 Å². The summed E-state index contributed by atoms with van der Waals surface area (Å²) in [6.45, 7) is 5.73. The second-order valence-corrected chi connectivity index (χ2v) is 9.17. The van der Waals surface area contributed by atoms with E-state index in [0.29, 0.717) is 18.7 Å². The van der Waals surface area contributed by atoms with Crippen LogP contribution in [0.3, 0.4) is 0 Å². The number of likely N-dealkylation sites (tertiary alicyclic amines) is 1. The number of phenols is 1. The lowest BCUT2D eigenvalue weighted by molar-refractivity contribution is -0.274. The highest BCUT2D eigenvalue weighted by Crippen LogP contribution is 2.33. The molecule has 0 bridgehead atoms. The molecule has 1 aliphatic heterocycles. The van der Waals surface area contributed by atoms with Gasteiger partial charge in [-0.3, -0.25) is 4.79 Å². The van der Waals surface area contributed by atoms with Crippen LogP contribution >= 0.6 is 0 Å². The minimum atomic E-state index is -4.80. The number of hydrogen-bond acceptors (Lipinski definition) is 5. The van der Waals surface area contributed by atoms with Crippen LogP contribution in [-0.4, -0.2) is 47.1 Å². The fraction of sp³-hybridized carbons (Fsp3) is 0.417. The van der Waals surface area contributed by atoms with Gasteiger partial charge in [0.25, 0.3) is 0 Å². The zero-order chi connectivity index (χ0) is 25.1. The van der Waals surface area contributed by atoms with E-state index in [1.807, 2.05) is 0 Å². The number of phenolic OH excluding ortho intramolecular Hbond substituents is 1. The molecule has 1 saturated heterocycles. The van der Waals surface area contributed by atoms with Crippen molar-refractivity contribution >= 4 is 17.7 Å². The number of alkyl halides is 3. The largest absolute Gasteiger partial charge is 0.573 e. The van der Waals surface area contributed by atoms with Crippen molar-refractivity contribution in [1.29, 1.82) is 0 Å². The van der Waals surface area contributed by atoms with Crippen molar-refractivity contribution in [3.8, 4) is 11.5 Å². The predicted octanol–water partition coefficient (Wildman–Crippen LogP) is 5.27. The Hall–Kier alpha value is -3.43. The summed E-state index contributed by atoms with van der Waals surface area (Å²) in [5, 5.41) is 12.3. The number of anilines is 1. The van der Waals surface area contributed by atoms with Crippen molar-refractivity contribution in [3.05, 3.63) is 54.1 Å². The Morgan fingerprint density at radius 1 is 1.00 bits per heavy atom. The summed E-state index contributed by atoms with van der Waals surface area (Å²) < 4.78 is 46.4. The van der Waals surface area contributed by atoms with Gasteiger partial charge in [-0.15, -0.1) is 13.2 Å². The van der Waals surface area contributed by atoms with Crippen LogP contribution in [0.2, 0.25) is 0 Å². The number of rotatable bonds is 4. The highest BCUT2D eigenvalue weighted by Gasteiger charge is 2.36. The molecule has 1 fully saturated rings. The number of carbonyl (C=O) groups excluding carboxylic acids is 2. The van der Waals surface area contributed by atoms with E-state index < -0.39 is 29.7 Å². The zero-order valence-corrected chi connectivity index (χ0v) is 19.1. The molecule has 0 unspecified atom stereocenters. The van der Waals surface area contributed by atoms with Crippen LogP contribution in [0, 0.1) is 5.92 Å². The third-order valence-electron chi connectivity index (χ3n) is 5.19. The van der Waals surface area contributed by atoms with Crippen molar-refractivity contribution in [2.24, 2.45) is 5.92 Å². The first kappa shape index (κ1) is 25.2. The lowest BCUT2D eigenvalue weighted by atomic mass is 9.84. The van der Waals surface area contributed by atoms with Crippen LogP contribution in [0.1, 0.15) is 38.7 Å². The molecule has 0 radical (unpaired) electrons. The maximum absolute atomic E-state index is 13.0. The fourth-order valence-electron chi connectivity index (χ4n) is 3.74. The highest BCUT2D eigenvalue weighted by molar-refractivity contribution is 5.93. The van der Waals surface area contributed by atoms with Crippen molar-refractivity contribution < 1.29 is 37.3 Å². The van der Waals surface area contributed by atoms with E-state index in [1.54, 1.807) is 45.0 Å². The first-order chi connectivity index (χ1) is 15.8. The molecule has 2 aromatic carbocycles. The van der Waals surface area contributed by atoms with E-state index in [0.717, 1.165) is 17.7 Å². The van der Waals surface area contributed by atoms with Crippen LogP contribution in [0.25, 0.3) is 0 Å². The monoisotopic (exact) mass is 480 g/mol. The van der Waals surface area contributed by atoms with Gasteiger partial charge in [0.1, 0.15) is 17.1 Å². The molecule has 0 aliphatic carbocycles. The molecule has 184 valence electrons. The van der Waals surface area contributed by atoms with Crippen molar-refractivity contribution in [3.63, 3.8) is 0 Å². The van der Waals surface area contributed by atoms with Crippen molar-refractivity contribution in [2.45, 2.75) is 45.1 Å². The summed E-state index contributed by atoms with van der Waals surface area (Å²) in [5.41, 5.74) is 0.452. The van der Waals surface area contributed by atoms with Crippen molar-refractivity contribution in [2.75, 3.05) is 18.4 Å². The second kappa shape index (κ2) is 9.82. The Morgan fingerprint density at radius 2 is 1.62 bits per heavy atom. The van der Waals surface area contributed by atoms with Crippen LogP contribution in [0.15, 0.2) is 48.5 Å². The Balaban J connectivity index is 1.75. The number of aromatic hydroxyl groups is 1. The molecule has 1 heterocycles. The molecule has 34 heavy (non-hydrogen) atoms. The van der Waals surface area contributed by atoms with Gasteiger partial charge in [-0.1, -0.05) is 12.1 Å². The topological polar surface area (TPSA) is 88.1 Å². The minimum absolute atomic E-state index is 0.107. The number of halogens is 3. The Bertz CT molecular complexity index is 1000. The fourth-order valence-corrected chi connectivity index (χ4v) is 3.74. The number of ether oxygens (including phenoxy) is 2. The molecule has 1 aliphatic rings. The number of nitrogens with zero attached hydrogens (tertiary/aromatic N) is 1. The number of amides is 2. The second-order valence-electron chi connectivity index (χ2n) is 9.17. The van der Waals surface area contributed by atoms with Gasteiger partial charge in [0.2, 0.25) is 5.91 Å². The zero-order valence-electron chi connectivity index (χ0n) is 19.1. The smallest absolute Gasteiger partial charge is 0.508 e. The normalized spacial score (nSPS) is 18.8. The molecular formula is C24H27F3N2O5. The lowest BCUT2D eigenvalue weighted by Gasteiger charge is -2.38. The molecular weight excluding hydrogens is 453 g/mol. The van der Waals surface area contributed by atoms with E-state index >= 15 is 0 Å². The van der Waals surface area contributed by atoms with Gasteiger partial charge in [-0.25, -0.2) is 4.79 Å². The number of benzene rings is 2. The third-order valence-corrected chi connectivity index (χ3v) is 5.19. The summed E-state index contributed by atoms with van der Waals surface area (Å²) in [6.07, 6.45) is -4.91. The molecule has 7 nitrogen and oxygen atoms in total. The van der Waals surface area contributed by atoms with Gasteiger partial charge in [-0.2, -0.15) is 0 Å². The number of nitrogens with one attached hydrogen (secondary N) is 1. The van der Waals surface area contributed by atoms with Crippen molar-refractivity contribution in [1.82, 2.24) is 4.90 Å². The molecule has 10 heteroatoms. The molecule has 2 aromatic rings. The summed E-state index contributed by atoms with van der Waals surface area (Å²) in [7, 11) is 0. The lowest BCUT2D eigenvalue weighted by Crippen LogP contribution is -2.48. The molecule has 0 spiro atoms. The average molecular weight is 480 g/mol. The van der Waals surface area contributed by atoms with Gasteiger partial charge >= 0.3 is 12.5 Å². The predicted molar refractivity (Wildman–Crippen MR) is 119 cm³/mol. The molecule has 2 amide bonds. The molecule has 2 atom stereocenters. The SMILES string of the molecule is CC(C)(C)OC(=O)N1C[C@H](C(=O)Nc2ccc(OC(F)(F)F)cc2)C[C@@H](c2ccc(O)cc2)C1. The van der Waals surface area contributed by atoms with Gasteiger partial charge in [0.15, 0.2) is 0 Å². The molecule has 0 aromatic heterocycles. The first-order valence-corrected chi connectivity index (χ1v) is 10.7. The summed E-state index contributed by atoms with van der Waals surface area (Å²) >= 11 is 0. The first-order valence-electron chi connectivity index (χ1n) is 10.7. The highest BCUT2D eigenvalue weighted by atomic mass is 19.4. The van der Waals surface area contributed by atoms with E-state index in [4.69, 9.17) is 4.74 Å². The summed E-state index contributed by atoms with van der Waals surface area (Å²) in [6, 6.07) is 11.4. The molecule has 0 saturated carbocycles.